The number of methoxy groups -OCH3 is 1. The molecular formula is C20H24N2O2S2. The molecular weight excluding hydrogens is 364 g/mol. The first-order chi connectivity index (χ1) is 12.6. The zero-order chi connectivity index (χ0) is 18.1. The van der Waals surface area contributed by atoms with Crippen molar-refractivity contribution in [2.24, 2.45) is 5.92 Å². The lowest BCUT2D eigenvalue weighted by Crippen LogP contribution is -2.62. The Morgan fingerprint density at radius 1 is 1.27 bits per heavy atom. The van der Waals surface area contributed by atoms with E-state index in [4.69, 9.17) is 4.74 Å². The van der Waals surface area contributed by atoms with Crippen molar-refractivity contribution in [3.63, 3.8) is 0 Å². The van der Waals surface area contributed by atoms with Gasteiger partial charge in [-0.1, -0.05) is 17.8 Å². The van der Waals surface area contributed by atoms with Crippen molar-refractivity contribution in [3.8, 4) is 5.75 Å². The van der Waals surface area contributed by atoms with Gasteiger partial charge >= 0.3 is 0 Å². The average molecular weight is 389 g/mol. The van der Waals surface area contributed by atoms with Gasteiger partial charge in [0.2, 0.25) is 0 Å². The number of piperidine rings is 3. The van der Waals surface area contributed by atoms with E-state index >= 15 is 0 Å². The molecule has 2 atom stereocenters. The number of amides is 1. The van der Waals surface area contributed by atoms with Crippen LogP contribution in [0.1, 0.15) is 29.4 Å². The molecule has 26 heavy (non-hydrogen) atoms. The van der Waals surface area contributed by atoms with Crippen molar-refractivity contribution in [1.29, 1.82) is 0 Å². The maximum Gasteiger partial charge on any atom is 0.261 e. The third-order valence-corrected chi connectivity index (χ3v) is 7.75. The predicted molar refractivity (Wildman–Crippen MR) is 106 cm³/mol. The number of nitrogens with one attached hydrogen (secondary N) is 1. The maximum absolute atomic E-state index is 12.8. The molecule has 0 spiro atoms. The summed E-state index contributed by atoms with van der Waals surface area (Å²) in [7, 11) is 1.67. The van der Waals surface area contributed by atoms with E-state index in [9.17, 15) is 4.79 Å². The molecule has 1 aromatic carbocycles. The zero-order valence-corrected chi connectivity index (χ0v) is 16.7. The first kappa shape index (κ1) is 17.9. The monoisotopic (exact) mass is 388 g/mol. The average Bonchev–Trinajstić information content (AvgIpc) is 3.13. The Bertz CT molecular complexity index is 782. The minimum atomic E-state index is 0.0677. The molecule has 2 bridgehead atoms. The van der Waals surface area contributed by atoms with Crippen LogP contribution in [-0.2, 0) is 0 Å². The Kier molecular flexibility index (Phi) is 5.25. The molecule has 1 aromatic heterocycles. The summed E-state index contributed by atoms with van der Waals surface area (Å²) in [4.78, 5) is 17.2. The number of hydrogen-bond donors (Lipinski definition) is 1. The minimum Gasteiger partial charge on any atom is -0.497 e. The zero-order valence-electron chi connectivity index (χ0n) is 15.1. The molecule has 3 saturated heterocycles. The largest absolute Gasteiger partial charge is 0.497 e. The van der Waals surface area contributed by atoms with Crippen molar-refractivity contribution in [1.82, 2.24) is 10.2 Å². The molecule has 2 aromatic rings. The summed E-state index contributed by atoms with van der Waals surface area (Å²) in [6.45, 7) is 4.60. The van der Waals surface area contributed by atoms with Gasteiger partial charge in [-0.3, -0.25) is 9.69 Å². The number of hydrogen-bond acceptors (Lipinski definition) is 5. The molecule has 0 aliphatic carbocycles. The second-order valence-electron chi connectivity index (χ2n) is 7.01. The summed E-state index contributed by atoms with van der Waals surface area (Å²) < 4.78 is 6.39. The topological polar surface area (TPSA) is 41.6 Å². The lowest BCUT2D eigenvalue weighted by atomic mass is 9.79. The summed E-state index contributed by atoms with van der Waals surface area (Å²) in [6.07, 6.45) is 2.41. The molecule has 0 saturated carbocycles. The van der Waals surface area contributed by atoms with Crippen molar-refractivity contribution >= 4 is 29.0 Å². The summed E-state index contributed by atoms with van der Waals surface area (Å²) >= 11 is 3.22. The van der Waals surface area contributed by atoms with Gasteiger partial charge in [-0.15, -0.1) is 11.3 Å². The van der Waals surface area contributed by atoms with Gasteiger partial charge in [0.25, 0.3) is 5.91 Å². The van der Waals surface area contributed by atoms with Crippen molar-refractivity contribution in [3.05, 3.63) is 41.3 Å². The highest BCUT2D eigenvalue weighted by Gasteiger charge is 2.40. The van der Waals surface area contributed by atoms with E-state index in [0.29, 0.717) is 12.0 Å². The van der Waals surface area contributed by atoms with Crippen LogP contribution in [0, 0.1) is 5.92 Å². The molecule has 3 aliphatic rings. The lowest BCUT2D eigenvalue weighted by molar-refractivity contribution is 0.0218. The van der Waals surface area contributed by atoms with Crippen LogP contribution in [0.5, 0.6) is 5.75 Å². The molecule has 4 nitrogen and oxygen atoms in total. The van der Waals surface area contributed by atoms with Gasteiger partial charge in [0.1, 0.15) is 5.75 Å². The molecule has 138 valence electrons. The van der Waals surface area contributed by atoms with Crippen LogP contribution >= 0.6 is 23.1 Å². The molecule has 4 heterocycles. The van der Waals surface area contributed by atoms with Crippen LogP contribution in [-0.4, -0.2) is 43.1 Å². The van der Waals surface area contributed by atoms with Crippen LogP contribution in [0.3, 0.4) is 0 Å². The Morgan fingerprint density at radius 3 is 2.81 bits per heavy atom. The second-order valence-corrected chi connectivity index (χ2v) is 9.47. The van der Waals surface area contributed by atoms with E-state index < -0.39 is 0 Å². The van der Waals surface area contributed by atoms with E-state index in [1.165, 1.54) is 25.9 Å². The number of carbonyl (C=O) groups is 1. The highest BCUT2D eigenvalue weighted by molar-refractivity contribution is 8.01. The van der Waals surface area contributed by atoms with Gasteiger partial charge in [0.05, 0.1) is 16.2 Å². The highest BCUT2D eigenvalue weighted by atomic mass is 32.2. The van der Waals surface area contributed by atoms with Gasteiger partial charge in [0, 0.05) is 17.0 Å². The van der Waals surface area contributed by atoms with Gasteiger partial charge in [0.15, 0.2) is 0 Å². The molecule has 3 fully saturated rings. The van der Waals surface area contributed by atoms with E-state index in [0.717, 1.165) is 19.7 Å². The van der Waals surface area contributed by atoms with Crippen molar-refractivity contribution in [2.75, 3.05) is 20.2 Å². The molecule has 0 radical (unpaired) electrons. The minimum absolute atomic E-state index is 0.0677. The van der Waals surface area contributed by atoms with Crippen LogP contribution < -0.4 is 10.1 Å². The Hall–Kier alpha value is -1.50. The number of benzene rings is 1. The van der Waals surface area contributed by atoms with Crippen LogP contribution in [0.25, 0.3) is 0 Å². The Morgan fingerprint density at radius 2 is 2.08 bits per heavy atom. The fraction of sp³-hybridized carbons (Fsp3) is 0.450. The lowest BCUT2D eigenvalue weighted by Gasteiger charge is -2.49. The summed E-state index contributed by atoms with van der Waals surface area (Å²) in [6, 6.07) is 12.7. The van der Waals surface area contributed by atoms with E-state index in [-0.39, 0.29) is 11.9 Å². The number of ether oxygens (including phenoxy) is 1. The molecule has 3 aliphatic heterocycles. The predicted octanol–water partition coefficient (Wildman–Crippen LogP) is 4.12. The number of carbonyl (C=O) groups excluding carboxylic acids is 1. The fourth-order valence-corrected chi connectivity index (χ4v) is 6.10. The summed E-state index contributed by atoms with van der Waals surface area (Å²) in [5.74, 6) is 1.54. The van der Waals surface area contributed by atoms with Crippen LogP contribution in [0.4, 0.5) is 0 Å². The van der Waals surface area contributed by atoms with Gasteiger partial charge < -0.3 is 10.1 Å². The third kappa shape index (κ3) is 3.63. The van der Waals surface area contributed by atoms with Crippen molar-refractivity contribution < 1.29 is 9.53 Å². The number of nitrogens with zero attached hydrogens (tertiary/aromatic N) is 1. The van der Waals surface area contributed by atoms with Crippen molar-refractivity contribution in [2.45, 2.75) is 41.0 Å². The van der Waals surface area contributed by atoms with Gasteiger partial charge in [-0.05, 0) is 69.1 Å². The molecule has 1 N–H and O–H groups in total. The normalized spacial score (nSPS) is 27.3. The fourth-order valence-electron chi connectivity index (χ4n) is 4.05. The smallest absolute Gasteiger partial charge is 0.261 e. The van der Waals surface area contributed by atoms with Gasteiger partial charge in [-0.2, -0.15) is 0 Å². The first-order valence-electron chi connectivity index (χ1n) is 9.10. The SMILES string of the molecule is COc1cccc(Sc2ccc(C(=O)N[C@@H]3C4CCN(CC4)[C@H]3C)s2)c1. The first-order valence-corrected chi connectivity index (χ1v) is 10.7. The number of rotatable bonds is 5. The quantitative estimate of drug-likeness (QED) is 0.837. The maximum atomic E-state index is 12.8. The second kappa shape index (κ2) is 7.62. The van der Waals surface area contributed by atoms with Crippen LogP contribution in [0.15, 0.2) is 45.5 Å². The molecule has 5 rings (SSSR count). The van der Waals surface area contributed by atoms with Gasteiger partial charge in [-0.25, -0.2) is 0 Å². The third-order valence-electron chi connectivity index (χ3n) is 5.54. The summed E-state index contributed by atoms with van der Waals surface area (Å²) in [5, 5.41) is 3.31. The number of thiophene rings is 1. The number of fused-ring (bicyclic) bond motifs is 3. The highest BCUT2D eigenvalue weighted by Crippen LogP contribution is 2.36. The summed E-state index contributed by atoms with van der Waals surface area (Å²) in [5.41, 5.74) is 0. The Labute approximate surface area is 162 Å². The molecule has 1 amide bonds. The standard InChI is InChI=1S/C20H24N2O2S2/c1-13-19(14-8-10-22(13)11-9-14)21-20(23)17-6-7-18(26-17)25-16-5-3-4-15(12-16)24-2/h3-7,12-14,19H,8-11H2,1-2H3,(H,21,23)/t13-,19-/m0/s1. The van der Waals surface area contributed by atoms with Crippen LogP contribution in [0.2, 0.25) is 0 Å². The Balaban J connectivity index is 1.41. The van der Waals surface area contributed by atoms with E-state index in [1.807, 2.05) is 30.3 Å². The molecule has 6 heteroatoms. The molecule has 0 unspecified atom stereocenters. The van der Waals surface area contributed by atoms with E-state index in [2.05, 4.69) is 23.2 Å². The van der Waals surface area contributed by atoms with E-state index in [1.54, 1.807) is 30.2 Å².